The van der Waals surface area contributed by atoms with E-state index in [2.05, 4.69) is 18.7 Å². The molecule has 1 N–H and O–H groups in total. The Kier molecular flexibility index (Phi) is 2.69. The Bertz CT molecular complexity index is 95.4. The summed E-state index contributed by atoms with van der Waals surface area (Å²) >= 11 is 0. The van der Waals surface area contributed by atoms with Crippen molar-refractivity contribution in [1.82, 2.24) is 4.90 Å². The number of nitrogens with zero attached hydrogens (tertiary/aromatic N) is 1. The third-order valence-electron chi connectivity index (χ3n) is 2.19. The lowest BCUT2D eigenvalue weighted by atomic mass is 10.1. The molecule has 1 fully saturated rings. The fraction of sp³-hybridized carbons (Fsp3) is 1.00. The Morgan fingerprint density at radius 1 is 1.50 bits per heavy atom. The van der Waals surface area contributed by atoms with Crippen molar-refractivity contribution >= 4 is 0 Å². The summed E-state index contributed by atoms with van der Waals surface area (Å²) < 4.78 is 0. The first-order chi connectivity index (χ1) is 4.74. The fourth-order valence-corrected chi connectivity index (χ4v) is 1.55. The van der Waals surface area contributed by atoms with Crippen molar-refractivity contribution in [3.8, 4) is 0 Å². The molecule has 1 rings (SSSR count). The highest BCUT2D eigenvalue weighted by molar-refractivity contribution is 4.79. The van der Waals surface area contributed by atoms with Crippen LogP contribution in [0.5, 0.6) is 0 Å². The van der Waals surface area contributed by atoms with Gasteiger partial charge in [-0.05, 0) is 18.9 Å². The molecule has 1 heterocycles. The molecule has 0 amide bonds. The molecule has 0 radical (unpaired) electrons. The molecule has 0 spiro atoms. The first-order valence-corrected chi connectivity index (χ1v) is 4.14. The van der Waals surface area contributed by atoms with Crippen LogP contribution in [0.15, 0.2) is 0 Å². The lowest BCUT2D eigenvalue weighted by Crippen LogP contribution is -2.22. The van der Waals surface area contributed by atoms with Gasteiger partial charge in [0.1, 0.15) is 0 Å². The second-order valence-corrected chi connectivity index (χ2v) is 3.30. The van der Waals surface area contributed by atoms with Crippen LogP contribution in [0.1, 0.15) is 20.3 Å². The predicted octanol–water partition coefficient (Wildman–Crippen LogP) is 0.709. The quantitative estimate of drug-likeness (QED) is 0.615. The van der Waals surface area contributed by atoms with Crippen LogP contribution in [-0.2, 0) is 0 Å². The zero-order valence-corrected chi connectivity index (χ0v) is 6.88. The molecule has 10 heavy (non-hydrogen) atoms. The second-order valence-electron chi connectivity index (χ2n) is 3.30. The standard InChI is InChI=1S/C8H17NO/c1-3-4-9-5-7(2)8(10)6-9/h7-8,10H,3-6H2,1-2H3. The summed E-state index contributed by atoms with van der Waals surface area (Å²) in [6.45, 7) is 7.39. The van der Waals surface area contributed by atoms with Crippen molar-refractivity contribution in [3.05, 3.63) is 0 Å². The SMILES string of the molecule is CCCN1CC(C)C(O)C1. The maximum atomic E-state index is 9.35. The molecule has 1 aliphatic rings. The molecule has 60 valence electrons. The highest BCUT2D eigenvalue weighted by atomic mass is 16.3. The van der Waals surface area contributed by atoms with Crippen LogP contribution in [0.4, 0.5) is 0 Å². The van der Waals surface area contributed by atoms with E-state index in [9.17, 15) is 5.11 Å². The molecule has 2 heteroatoms. The Morgan fingerprint density at radius 2 is 2.20 bits per heavy atom. The van der Waals surface area contributed by atoms with Gasteiger partial charge in [0, 0.05) is 13.1 Å². The fourth-order valence-electron chi connectivity index (χ4n) is 1.55. The van der Waals surface area contributed by atoms with Crippen molar-refractivity contribution in [3.63, 3.8) is 0 Å². The number of aliphatic hydroxyl groups excluding tert-OH is 1. The normalized spacial score (nSPS) is 35.1. The lowest BCUT2D eigenvalue weighted by molar-refractivity contribution is 0.148. The van der Waals surface area contributed by atoms with Crippen molar-refractivity contribution in [2.45, 2.75) is 26.4 Å². The van der Waals surface area contributed by atoms with Crippen molar-refractivity contribution in [2.75, 3.05) is 19.6 Å². The molecular formula is C8H17NO. The maximum absolute atomic E-state index is 9.35. The van der Waals surface area contributed by atoms with E-state index in [1.54, 1.807) is 0 Å². The molecule has 0 aromatic rings. The van der Waals surface area contributed by atoms with Crippen LogP contribution in [-0.4, -0.2) is 35.7 Å². The van der Waals surface area contributed by atoms with Crippen molar-refractivity contribution < 1.29 is 5.11 Å². The highest BCUT2D eigenvalue weighted by Crippen LogP contribution is 2.15. The minimum absolute atomic E-state index is 0.0773. The van der Waals surface area contributed by atoms with Crippen LogP contribution in [0.25, 0.3) is 0 Å². The number of likely N-dealkylation sites (tertiary alicyclic amines) is 1. The van der Waals surface area contributed by atoms with Gasteiger partial charge in [-0.3, -0.25) is 0 Å². The molecule has 0 aromatic carbocycles. The van der Waals surface area contributed by atoms with Gasteiger partial charge >= 0.3 is 0 Å². The van der Waals surface area contributed by atoms with Gasteiger partial charge in [-0.1, -0.05) is 13.8 Å². The number of β-amino-alcohol motifs (C(OH)–C–C–N with tert-alkyl or cyclic N) is 1. The van der Waals surface area contributed by atoms with E-state index < -0.39 is 0 Å². The molecule has 1 saturated heterocycles. The highest BCUT2D eigenvalue weighted by Gasteiger charge is 2.26. The van der Waals surface area contributed by atoms with Gasteiger partial charge in [0.2, 0.25) is 0 Å². The smallest absolute Gasteiger partial charge is 0.0704 e. The van der Waals surface area contributed by atoms with E-state index in [1.165, 1.54) is 6.42 Å². The summed E-state index contributed by atoms with van der Waals surface area (Å²) in [6.07, 6.45) is 1.12. The second kappa shape index (κ2) is 3.35. The van der Waals surface area contributed by atoms with Gasteiger partial charge in [-0.15, -0.1) is 0 Å². The zero-order valence-electron chi connectivity index (χ0n) is 6.88. The Balaban J connectivity index is 2.27. The van der Waals surface area contributed by atoms with Gasteiger partial charge in [0.15, 0.2) is 0 Å². The van der Waals surface area contributed by atoms with Gasteiger partial charge in [0.05, 0.1) is 6.10 Å². The van der Waals surface area contributed by atoms with Gasteiger partial charge in [-0.25, -0.2) is 0 Å². The number of rotatable bonds is 2. The van der Waals surface area contributed by atoms with E-state index >= 15 is 0 Å². The van der Waals surface area contributed by atoms with Gasteiger partial charge in [0.25, 0.3) is 0 Å². The third kappa shape index (κ3) is 1.70. The first-order valence-electron chi connectivity index (χ1n) is 4.14. The number of hydrogen-bond donors (Lipinski definition) is 1. The zero-order chi connectivity index (χ0) is 7.56. The largest absolute Gasteiger partial charge is 0.391 e. The van der Waals surface area contributed by atoms with Crippen LogP contribution in [0.2, 0.25) is 0 Å². The van der Waals surface area contributed by atoms with Gasteiger partial charge in [-0.2, -0.15) is 0 Å². The lowest BCUT2D eigenvalue weighted by Gasteiger charge is -2.12. The summed E-state index contributed by atoms with van der Waals surface area (Å²) in [5.41, 5.74) is 0. The summed E-state index contributed by atoms with van der Waals surface area (Å²) in [4.78, 5) is 2.33. The minimum Gasteiger partial charge on any atom is -0.391 e. The average Bonchev–Trinajstić information content (AvgIpc) is 2.14. The molecule has 0 aromatic heterocycles. The monoisotopic (exact) mass is 143 g/mol. The van der Waals surface area contributed by atoms with E-state index in [4.69, 9.17) is 0 Å². The topological polar surface area (TPSA) is 23.5 Å². The van der Waals surface area contributed by atoms with E-state index in [-0.39, 0.29) is 6.10 Å². The van der Waals surface area contributed by atoms with Crippen LogP contribution in [0.3, 0.4) is 0 Å². The third-order valence-corrected chi connectivity index (χ3v) is 2.19. The van der Waals surface area contributed by atoms with Crippen LogP contribution < -0.4 is 0 Å². The van der Waals surface area contributed by atoms with E-state index in [0.717, 1.165) is 19.6 Å². The van der Waals surface area contributed by atoms with E-state index in [0.29, 0.717) is 5.92 Å². The number of aliphatic hydroxyl groups is 1. The number of hydrogen-bond acceptors (Lipinski definition) is 2. The van der Waals surface area contributed by atoms with Crippen LogP contribution in [0, 0.1) is 5.92 Å². The molecular weight excluding hydrogens is 126 g/mol. The molecule has 2 unspecified atom stereocenters. The van der Waals surface area contributed by atoms with E-state index in [1.807, 2.05) is 0 Å². The molecule has 2 atom stereocenters. The maximum Gasteiger partial charge on any atom is 0.0704 e. The summed E-state index contributed by atoms with van der Waals surface area (Å²) in [7, 11) is 0. The van der Waals surface area contributed by atoms with Gasteiger partial charge < -0.3 is 10.0 Å². The Hall–Kier alpha value is -0.0800. The average molecular weight is 143 g/mol. The van der Waals surface area contributed by atoms with Crippen molar-refractivity contribution in [2.24, 2.45) is 5.92 Å². The summed E-state index contributed by atoms with van der Waals surface area (Å²) in [5.74, 6) is 0.478. The Labute approximate surface area is 62.8 Å². The van der Waals surface area contributed by atoms with Crippen molar-refractivity contribution in [1.29, 1.82) is 0 Å². The summed E-state index contributed by atoms with van der Waals surface area (Å²) in [6, 6.07) is 0. The molecule has 2 nitrogen and oxygen atoms in total. The minimum atomic E-state index is -0.0773. The molecule has 0 bridgehead atoms. The molecule has 0 saturated carbocycles. The Morgan fingerprint density at radius 3 is 2.60 bits per heavy atom. The molecule has 0 aliphatic carbocycles. The summed E-state index contributed by atoms with van der Waals surface area (Å²) in [5, 5.41) is 9.35. The molecule has 1 aliphatic heterocycles. The first kappa shape index (κ1) is 8.02. The van der Waals surface area contributed by atoms with Crippen LogP contribution >= 0.6 is 0 Å². The predicted molar refractivity (Wildman–Crippen MR) is 41.9 cm³/mol.